The summed E-state index contributed by atoms with van der Waals surface area (Å²) in [5.74, 6) is 1.05. The summed E-state index contributed by atoms with van der Waals surface area (Å²) >= 11 is 0. The maximum Gasteiger partial charge on any atom is 0.137 e. The summed E-state index contributed by atoms with van der Waals surface area (Å²) in [5.41, 5.74) is 3.11. The van der Waals surface area contributed by atoms with Crippen molar-refractivity contribution in [2.45, 2.75) is 13.0 Å². The fourth-order valence-electron chi connectivity index (χ4n) is 2.38. The number of rotatable bonds is 5. The summed E-state index contributed by atoms with van der Waals surface area (Å²) in [6.07, 6.45) is 7.25. The van der Waals surface area contributed by atoms with Crippen LogP contribution in [0.1, 0.15) is 29.7 Å². The summed E-state index contributed by atoms with van der Waals surface area (Å²) in [7, 11) is 0. The standard InChI is InChI=1S/C20H19N3O/c1-15(17-5-3-2-4-6-17)23-20-18(13-21-14-22-20)10-7-16-8-11-19(24)12-9-16/h2-15,24H,1H3,(H,21,22,23)/b10-7+/t15-/m1/s1. The Kier molecular flexibility index (Phi) is 4.87. The normalized spacial score (nSPS) is 12.2. The lowest BCUT2D eigenvalue weighted by atomic mass is 10.1. The van der Waals surface area contributed by atoms with Crippen molar-refractivity contribution in [1.82, 2.24) is 9.97 Å². The molecule has 0 bridgehead atoms. The van der Waals surface area contributed by atoms with E-state index in [9.17, 15) is 5.11 Å². The average molecular weight is 317 g/mol. The van der Waals surface area contributed by atoms with Gasteiger partial charge in [0.1, 0.15) is 17.9 Å². The maximum absolute atomic E-state index is 9.34. The van der Waals surface area contributed by atoms with E-state index in [0.29, 0.717) is 0 Å². The SMILES string of the molecule is C[C@@H](Nc1ncncc1/C=C/c1ccc(O)cc1)c1ccccc1. The number of phenols is 1. The smallest absolute Gasteiger partial charge is 0.137 e. The molecule has 0 saturated carbocycles. The Hall–Kier alpha value is -3.14. The second-order valence-corrected chi connectivity index (χ2v) is 5.53. The molecule has 0 saturated heterocycles. The molecule has 1 atom stereocenters. The molecule has 4 nitrogen and oxygen atoms in total. The number of aromatic nitrogens is 2. The van der Waals surface area contributed by atoms with Crippen LogP contribution in [-0.2, 0) is 0 Å². The first-order chi connectivity index (χ1) is 11.7. The molecule has 1 aromatic heterocycles. The van der Waals surface area contributed by atoms with E-state index in [1.54, 1.807) is 18.3 Å². The van der Waals surface area contributed by atoms with Gasteiger partial charge >= 0.3 is 0 Å². The lowest BCUT2D eigenvalue weighted by Gasteiger charge is -2.16. The van der Waals surface area contributed by atoms with Crippen LogP contribution in [0.4, 0.5) is 5.82 Å². The third kappa shape index (κ3) is 3.98. The zero-order valence-electron chi connectivity index (χ0n) is 13.4. The van der Waals surface area contributed by atoms with Gasteiger partial charge in [-0.3, -0.25) is 0 Å². The summed E-state index contributed by atoms with van der Waals surface area (Å²) in [6.45, 7) is 2.10. The number of hydrogen-bond acceptors (Lipinski definition) is 4. The van der Waals surface area contributed by atoms with E-state index in [1.165, 1.54) is 11.9 Å². The first-order valence-corrected chi connectivity index (χ1v) is 7.81. The molecule has 0 radical (unpaired) electrons. The van der Waals surface area contributed by atoms with Crippen molar-refractivity contribution in [1.29, 1.82) is 0 Å². The van der Waals surface area contributed by atoms with E-state index in [1.807, 2.05) is 42.5 Å². The average Bonchev–Trinajstić information content (AvgIpc) is 2.63. The number of benzene rings is 2. The molecule has 2 aromatic carbocycles. The summed E-state index contributed by atoms with van der Waals surface area (Å²) in [6, 6.07) is 17.4. The molecule has 0 aliphatic carbocycles. The van der Waals surface area contributed by atoms with Crippen LogP contribution in [0.5, 0.6) is 5.75 Å². The Morgan fingerprint density at radius 3 is 2.50 bits per heavy atom. The quantitative estimate of drug-likeness (QED) is 0.726. The number of nitrogens with one attached hydrogen (secondary N) is 1. The molecule has 1 heterocycles. The van der Waals surface area contributed by atoms with E-state index in [0.717, 1.165) is 16.9 Å². The van der Waals surface area contributed by atoms with Crippen LogP contribution in [0, 0.1) is 0 Å². The van der Waals surface area contributed by atoms with E-state index < -0.39 is 0 Å². The first kappa shape index (κ1) is 15.7. The predicted octanol–water partition coefficient (Wildman–Crippen LogP) is 4.53. The maximum atomic E-state index is 9.34. The predicted molar refractivity (Wildman–Crippen MR) is 97.5 cm³/mol. The molecular formula is C20H19N3O. The molecule has 0 spiro atoms. The molecule has 24 heavy (non-hydrogen) atoms. The van der Waals surface area contributed by atoms with E-state index in [-0.39, 0.29) is 11.8 Å². The van der Waals surface area contributed by atoms with Gasteiger partial charge in [0.25, 0.3) is 0 Å². The van der Waals surface area contributed by atoms with Crippen molar-refractivity contribution >= 4 is 18.0 Å². The van der Waals surface area contributed by atoms with Crippen LogP contribution in [0.15, 0.2) is 67.1 Å². The largest absolute Gasteiger partial charge is 0.508 e. The molecular weight excluding hydrogens is 298 g/mol. The van der Waals surface area contributed by atoms with E-state index in [2.05, 4.69) is 34.3 Å². The molecule has 3 rings (SSSR count). The molecule has 2 N–H and O–H groups in total. The number of aromatic hydroxyl groups is 1. The molecule has 0 fully saturated rings. The Labute approximate surface area is 141 Å². The van der Waals surface area contributed by atoms with Gasteiger partial charge in [-0.2, -0.15) is 0 Å². The summed E-state index contributed by atoms with van der Waals surface area (Å²) in [5, 5.41) is 12.8. The third-order valence-electron chi connectivity index (χ3n) is 3.74. The lowest BCUT2D eigenvalue weighted by molar-refractivity contribution is 0.475. The highest BCUT2D eigenvalue weighted by Crippen LogP contribution is 2.21. The van der Waals surface area contributed by atoms with Crippen LogP contribution >= 0.6 is 0 Å². The first-order valence-electron chi connectivity index (χ1n) is 7.81. The van der Waals surface area contributed by atoms with Crippen LogP contribution in [0.2, 0.25) is 0 Å². The highest BCUT2D eigenvalue weighted by molar-refractivity contribution is 5.74. The molecule has 0 amide bonds. The number of anilines is 1. The summed E-state index contributed by atoms with van der Waals surface area (Å²) in [4.78, 5) is 8.47. The van der Waals surface area contributed by atoms with Crippen molar-refractivity contribution < 1.29 is 5.11 Å². The molecule has 4 heteroatoms. The van der Waals surface area contributed by atoms with Gasteiger partial charge in [0, 0.05) is 17.8 Å². The topological polar surface area (TPSA) is 58.0 Å². The summed E-state index contributed by atoms with van der Waals surface area (Å²) < 4.78 is 0. The van der Waals surface area contributed by atoms with E-state index in [4.69, 9.17) is 0 Å². The van der Waals surface area contributed by atoms with Gasteiger partial charge in [-0.15, -0.1) is 0 Å². The molecule has 0 aliphatic rings. The molecule has 120 valence electrons. The molecule has 0 unspecified atom stereocenters. The fraction of sp³-hybridized carbons (Fsp3) is 0.100. The Balaban J connectivity index is 1.79. The molecule has 0 aliphatic heterocycles. The molecule has 3 aromatic rings. The minimum absolute atomic E-state index is 0.141. The van der Waals surface area contributed by atoms with Crippen molar-refractivity contribution in [3.05, 3.63) is 83.8 Å². The van der Waals surface area contributed by atoms with Gasteiger partial charge in [0.05, 0.1) is 0 Å². The highest BCUT2D eigenvalue weighted by Gasteiger charge is 2.08. The van der Waals surface area contributed by atoms with Crippen molar-refractivity contribution in [3.63, 3.8) is 0 Å². The van der Waals surface area contributed by atoms with Crippen LogP contribution in [-0.4, -0.2) is 15.1 Å². The Morgan fingerprint density at radius 2 is 1.75 bits per heavy atom. The second kappa shape index (κ2) is 7.42. The van der Waals surface area contributed by atoms with Gasteiger partial charge in [0.15, 0.2) is 0 Å². The fourth-order valence-corrected chi connectivity index (χ4v) is 2.38. The van der Waals surface area contributed by atoms with Crippen LogP contribution in [0.25, 0.3) is 12.2 Å². The number of hydrogen-bond donors (Lipinski definition) is 2. The third-order valence-corrected chi connectivity index (χ3v) is 3.74. The van der Waals surface area contributed by atoms with Gasteiger partial charge < -0.3 is 10.4 Å². The van der Waals surface area contributed by atoms with Crippen molar-refractivity contribution in [3.8, 4) is 5.75 Å². The Morgan fingerprint density at radius 1 is 1.00 bits per heavy atom. The van der Waals surface area contributed by atoms with Crippen molar-refractivity contribution in [2.24, 2.45) is 0 Å². The minimum atomic E-state index is 0.141. The minimum Gasteiger partial charge on any atom is -0.508 e. The van der Waals surface area contributed by atoms with E-state index >= 15 is 0 Å². The highest BCUT2D eigenvalue weighted by atomic mass is 16.3. The van der Waals surface area contributed by atoms with Gasteiger partial charge in [-0.25, -0.2) is 9.97 Å². The van der Waals surface area contributed by atoms with Gasteiger partial charge in [-0.1, -0.05) is 48.5 Å². The second-order valence-electron chi connectivity index (χ2n) is 5.53. The number of nitrogens with zero attached hydrogens (tertiary/aromatic N) is 2. The van der Waals surface area contributed by atoms with Crippen LogP contribution in [0.3, 0.4) is 0 Å². The monoisotopic (exact) mass is 317 g/mol. The Bertz CT molecular complexity index is 814. The van der Waals surface area contributed by atoms with Gasteiger partial charge in [-0.05, 0) is 36.3 Å². The van der Waals surface area contributed by atoms with Gasteiger partial charge in [0.2, 0.25) is 0 Å². The zero-order valence-corrected chi connectivity index (χ0v) is 13.4. The van der Waals surface area contributed by atoms with Crippen molar-refractivity contribution in [2.75, 3.05) is 5.32 Å². The zero-order chi connectivity index (χ0) is 16.8. The lowest BCUT2D eigenvalue weighted by Crippen LogP contribution is -2.09. The van der Waals surface area contributed by atoms with Crippen LogP contribution < -0.4 is 5.32 Å². The number of phenolic OH excluding ortho intramolecular Hbond substituents is 1.